The molecular formula is C72H114N6O24. The number of nitrogens with one attached hydrogen (secondary N) is 3. The standard InChI is InChI=1S/C72H114N6O24/c1-16-45(6)60(56(92-14)40-58(83)78-30-20-25-53(78)65(93-15)46(7)66(88)73-47(8)61(84)48-22-18-17-19-23-48)76(12)67(89)52(43(2)3)39-54(81)59(44(4)5)77(13)71(91)97-41-49-38-50(26-28-55(49)100-69-64(87)62(85)63(86)68(101-69)98-42-79)74-57(82)29-27-51(80)24-21-31-94-32-33-95-34-35-96-36-37-99-75-70(90)102-72(9,10)11/h17-19,22-23,26,28,38,42-47,52-53,56,59-65,68-69,84-87H,16,20-21,24-25,27,29-37,39-41H2,1-15H3,(H,73,88)(H,74,82)(H,75,90)/t45-,46+,47+,52-,53-,56+,59-,60-,61+,62?,63?,64?,65+,68?,69?/m0/s1. The van der Waals surface area contributed by atoms with Crippen molar-refractivity contribution in [2.45, 2.75) is 220 Å². The zero-order chi connectivity index (χ0) is 76.0. The van der Waals surface area contributed by atoms with E-state index in [0.29, 0.717) is 44.4 Å². The second kappa shape index (κ2) is 44.0. The number of ether oxygens (including phenoxy) is 10. The highest BCUT2D eigenvalue weighted by molar-refractivity contribution is 5.94. The number of anilines is 1. The number of aliphatic hydroxyl groups is 4. The van der Waals surface area contributed by atoms with Crippen LogP contribution in [0.2, 0.25) is 0 Å². The number of hydrogen-bond donors (Lipinski definition) is 7. The molecule has 7 N–H and O–H groups in total. The smallest absolute Gasteiger partial charge is 0.431 e. The fraction of sp³-hybridized carbons (Fsp3) is 0.708. The Bertz CT molecular complexity index is 2940. The first-order chi connectivity index (χ1) is 48.3. The number of methoxy groups -OCH3 is 2. The Labute approximate surface area is 599 Å². The summed E-state index contributed by atoms with van der Waals surface area (Å²) in [5.74, 6) is -4.99. The molecule has 6 amide bonds. The largest absolute Gasteiger partial charge is 0.461 e. The van der Waals surface area contributed by atoms with Gasteiger partial charge < -0.3 is 88.4 Å². The minimum Gasteiger partial charge on any atom is -0.461 e. The van der Waals surface area contributed by atoms with Crippen LogP contribution in [0.15, 0.2) is 48.5 Å². The molecule has 2 aromatic rings. The van der Waals surface area contributed by atoms with Gasteiger partial charge in [0.1, 0.15) is 42.1 Å². The number of ketones is 2. The first kappa shape index (κ1) is 87.4. The van der Waals surface area contributed by atoms with Crippen molar-refractivity contribution in [1.29, 1.82) is 0 Å². The summed E-state index contributed by atoms with van der Waals surface area (Å²) < 4.78 is 55.6. The maximum atomic E-state index is 15.0. The van der Waals surface area contributed by atoms with E-state index in [2.05, 4.69) is 16.1 Å². The number of nitrogens with zero attached hydrogens (tertiary/aromatic N) is 3. The molecule has 2 fully saturated rings. The molecule has 576 valence electrons. The lowest BCUT2D eigenvalue weighted by Gasteiger charge is -2.41. The highest BCUT2D eigenvalue weighted by atomic mass is 16.8. The molecule has 2 aliphatic heterocycles. The third-order valence-corrected chi connectivity index (χ3v) is 18.1. The number of likely N-dealkylation sites (N-methyl/N-ethyl adjacent to an activating group) is 2. The lowest BCUT2D eigenvalue weighted by Crippen LogP contribution is -2.59. The Kier molecular flexibility index (Phi) is 37.7. The molecule has 15 atom stereocenters. The van der Waals surface area contributed by atoms with E-state index in [-0.39, 0.29) is 125 Å². The van der Waals surface area contributed by atoms with Gasteiger partial charge >= 0.3 is 12.2 Å². The minimum atomic E-state index is -1.91. The SMILES string of the molecule is CC[C@H](C)[C@@H]([C@@H](CC(=O)N1CCC[C@H]1[C@H](OC)[C@@H](C)C(=O)N[C@H](C)[C@@H](O)c1ccccc1)OC)N(C)C(=O)[C@@H](CC(=O)[C@H](C(C)C)N(C)C(=O)OCc1cc(NC(=O)CCC(=O)CCCOCCOCCOCCONC(=O)OC(C)(C)C)ccc1OC1OC(OC=O)C(O)C(O)C1O)C(C)C. The predicted octanol–water partition coefficient (Wildman–Crippen LogP) is 5.56. The Morgan fingerprint density at radius 1 is 0.765 bits per heavy atom. The van der Waals surface area contributed by atoms with Crippen LogP contribution in [0.5, 0.6) is 5.75 Å². The van der Waals surface area contributed by atoms with Crippen LogP contribution < -0.4 is 20.9 Å². The van der Waals surface area contributed by atoms with Gasteiger partial charge in [-0.05, 0) is 88.5 Å². The van der Waals surface area contributed by atoms with E-state index < -0.39 is 133 Å². The van der Waals surface area contributed by atoms with Crippen LogP contribution in [0.1, 0.15) is 151 Å². The van der Waals surface area contributed by atoms with Crippen molar-refractivity contribution in [1.82, 2.24) is 25.5 Å². The maximum Gasteiger partial charge on any atom is 0.431 e. The van der Waals surface area contributed by atoms with Crippen molar-refractivity contribution >= 4 is 59.5 Å². The molecule has 30 nitrogen and oxygen atoms in total. The van der Waals surface area contributed by atoms with Gasteiger partial charge in [0.2, 0.25) is 36.2 Å². The van der Waals surface area contributed by atoms with Crippen LogP contribution >= 0.6 is 0 Å². The first-order valence-electron chi connectivity index (χ1n) is 35.1. The average Bonchev–Trinajstić information content (AvgIpc) is 1.38. The normalized spacial score (nSPS) is 20.3. The molecule has 0 bridgehead atoms. The van der Waals surface area contributed by atoms with Gasteiger partial charge in [0.15, 0.2) is 5.78 Å². The van der Waals surface area contributed by atoms with Crippen LogP contribution in [0.4, 0.5) is 15.3 Å². The first-order valence-corrected chi connectivity index (χ1v) is 35.1. The van der Waals surface area contributed by atoms with Crippen LogP contribution in [0, 0.1) is 29.6 Å². The summed E-state index contributed by atoms with van der Waals surface area (Å²) in [6.45, 7) is 21.2. The Morgan fingerprint density at radius 3 is 2.00 bits per heavy atom. The molecule has 5 unspecified atom stereocenters. The average molecular weight is 1450 g/mol. The molecule has 30 heteroatoms. The van der Waals surface area contributed by atoms with E-state index in [4.69, 9.17) is 52.2 Å². The van der Waals surface area contributed by atoms with Gasteiger partial charge in [-0.3, -0.25) is 43.1 Å². The number of hydrogen-bond acceptors (Lipinski definition) is 24. The molecular weight excluding hydrogens is 1330 g/mol. The van der Waals surface area contributed by atoms with E-state index in [0.717, 1.165) is 4.90 Å². The van der Waals surface area contributed by atoms with Crippen LogP contribution in [-0.4, -0.2) is 243 Å². The number of carbonyl (C=O) groups is 9. The summed E-state index contributed by atoms with van der Waals surface area (Å²) in [4.78, 5) is 131. The summed E-state index contributed by atoms with van der Waals surface area (Å²) in [6.07, 6.45) is -11.7. The number of Topliss-reactive ketones (excluding diaryl/α,β-unsaturated/α-hetero) is 2. The summed E-state index contributed by atoms with van der Waals surface area (Å²) >= 11 is 0. The topological polar surface area (TPSA) is 382 Å². The lowest BCUT2D eigenvalue weighted by atomic mass is 9.83. The minimum absolute atomic E-state index is 0.0324. The molecule has 0 spiro atoms. The third kappa shape index (κ3) is 27.6. The molecule has 0 aromatic heterocycles. The van der Waals surface area contributed by atoms with Crippen molar-refractivity contribution < 1.29 is 116 Å². The summed E-state index contributed by atoms with van der Waals surface area (Å²) in [5, 5.41) is 48.6. The van der Waals surface area contributed by atoms with E-state index in [1.165, 1.54) is 39.5 Å². The number of aliphatic hydroxyl groups excluding tert-OH is 4. The maximum absolute atomic E-state index is 15.0. The van der Waals surface area contributed by atoms with E-state index in [1.54, 1.807) is 77.4 Å². The van der Waals surface area contributed by atoms with Crippen LogP contribution in [0.25, 0.3) is 0 Å². The summed E-state index contributed by atoms with van der Waals surface area (Å²) in [6, 6.07) is 10.3. The van der Waals surface area contributed by atoms with Crippen molar-refractivity contribution in [2.24, 2.45) is 29.6 Å². The van der Waals surface area contributed by atoms with Gasteiger partial charge in [0, 0.05) is 84.3 Å². The fourth-order valence-corrected chi connectivity index (χ4v) is 12.4. The predicted molar refractivity (Wildman–Crippen MR) is 370 cm³/mol. The quantitative estimate of drug-likeness (QED) is 0.0185. The van der Waals surface area contributed by atoms with Crippen molar-refractivity contribution in [3.05, 3.63) is 59.7 Å². The number of hydroxylamine groups is 1. The monoisotopic (exact) mass is 1450 g/mol. The number of rotatable bonds is 45. The molecule has 4 rings (SSSR count). The van der Waals surface area contributed by atoms with E-state index in [9.17, 15) is 58.8 Å². The molecule has 2 saturated heterocycles. The summed E-state index contributed by atoms with van der Waals surface area (Å²) in [7, 11) is 6.00. The van der Waals surface area contributed by atoms with E-state index >= 15 is 4.79 Å². The molecule has 2 aliphatic rings. The summed E-state index contributed by atoms with van der Waals surface area (Å²) in [5.41, 5.74) is 2.38. The van der Waals surface area contributed by atoms with Crippen molar-refractivity contribution in [3.8, 4) is 5.75 Å². The molecule has 0 radical (unpaired) electrons. The molecule has 2 heterocycles. The zero-order valence-corrected chi connectivity index (χ0v) is 62.0. The fourth-order valence-electron chi connectivity index (χ4n) is 12.4. The number of benzene rings is 2. The molecule has 0 saturated carbocycles. The van der Waals surface area contributed by atoms with Gasteiger partial charge in [-0.25, -0.2) is 9.59 Å². The second-order valence-corrected chi connectivity index (χ2v) is 27.6. The Hall–Kier alpha value is -6.97. The molecule has 2 aromatic carbocycles. The number of likely N-dealkylation sites (tertiary alicyclic amines) is 1. The Balaban J connectivity index is 1.40. The van der Waals surface area contributed by atoms with Crippen molar-refractivity contribution in [2.75, 3.05) is 86.4 Å². The second-order valence-electron chi connectivity index (χ2n) is 27.6. The van der Waals surface area contributed by atoms with Crippen LogP contribution in [-0.2, 0) is 87.6 Å². The third-order valence-electron chi connectivity index (χ3n) is 18.1. The highest BCUT2D eigenvalue weighted by Gasteiger charge is 2.48. The number of carbonyl (C=O) groups excluding carboxylic acids is 9. The highest BCUT2D eigenvalue weighted by Crippen LogP contribution is 2.34. The van der Waals surface area contributed by atoms with Crippen LogP contribution in [0.3, 0.4) is 0 Å². The lowest BCUT2D eigenvalue weighted by molar-refractivity contribution is -0.321. The zero-order valence-electron chi connectivity index (χ0n) is 62.0. The molecule has 102 heavy (non-hydrogen) atoms. The van der Waals surface area contributed by atoms with Gasteiger partial charge in [0.05, 0.1) is 94.5 Å². The van der Waals surface area contributed by atoms with Crippen molar-refractivity contribution in [3.63, 3.8) is 0 Å². The molecule has 0 aliphatic carbocycles. The van der Waals surface area contributed by atoms with Gasteiger partial charge in [-0.1, -0.05) is 85.2 Å². The van der Waals surface area contributed by atoms with Gasteiger partial charge in [-0.2, -0.15) is 5.48 Å². The number of amides is 6. The van der Waals surface area contributed by atoms with Gasteiger partial charge in [0.25, 0.3) is 6.47 Å². The van der Waals surface area contributed by atoms with E-state index in [1.807, 2.05) is 45.9 Å². The Morgan fingerprint density at radius 2 is 1.40 bits per heavy atom. The van der Waals surface area contributed by atoms with Gasteiger partial charge in [-0.15, -0.1) is 0 Å².